The first-order chi connectivity index (χ1) is 15.0. The fourth-order valence-electron chi connectivity index (χ4n) is 5.14. The highest BCUT2D eigenvalue weighted by atomic mass is 32.1. The summed E-state index contributed by atoms with van der Waals surface area (Å²) >= 11 is 11.2. The molecule has 0 radical (unpaired) electrons. The molecule has 172 valence electrons. The summed E-state index contributed by atoms with van der Waals surface area (Å²) in [5, 5.41) is 15.0. The molecule has 6 heteroatoms. The van der Waals surface area contributed by atoms with Crippen molar-refractivity contribution in [3.8, 4) is 0 Å². The molecular formula is C26H36N4S2. The summed E-state index contributed by atoms with van der Waals surface area (Å²) in [5.74, 6) is 0. The van der Waals surface area contributed by atoms with Gasteiger partial charge in [0.2, 0.25) is 0 Å². The summed E-state index contributed by atoms with van der Waals surface area (Å²) in [6, 6.07) is 16.8. The molecule has 1 fully saturated rings. The molecule has 0 aliphatic heterocycles. The lowest BCUT2D eigenvalue weighted by atomic mass is 9.62. The van der Waals surface area contributed by atoms with Crippen LogP contribution >= 0.6 is 24.4 Å². The van der Waals surface area contributed by atoms with Gasteiger partial charge in [-0.05, 0) is 104 Å². The number of hydrogen-bond acceptors (Lipinski definition) is 2. The molecule has 32 heavy (non-hydrogen) atoms. The Balaban J connectivity index is 1.57. The zero-order chi connectivity index (χ0) is 23.4. The molecule has 0 saturated heterocycles. The van der Waals surface area contributed by atoms with Crippen LogP contribution in [0, 0.1) is 24.7 Å². The van der Waals surface area contributed by atoms with Crippen LogP contribution in [0.2, 0.25) is 0 Å². The van der Waals surface area contributed by atoms with Crippen molar-refractivity contribution in [2.45, 2.75) is 59.9 Å². The van der Waals surface area contributed by atoms with Gasteiger partial charge in [-0.3, -0.25) is 0 Å². The second kappa shape index (κ2) is 10.2. The van der Waals surface area contributed by atoms with Crippen LogP contribution in [0.15, 0.2) is 48.5 Å². The van der Waals surface area contributed by atoms with E-state index in [9.17, 15) is 0 Å². The minimum Gasteiger partial charge on any atom is -0.362 e. The summed E-state index contributed by atoms with van der Waals surface area (Å²) < 4.78 is 0. The molecule has 0 unspecified atom stereocenters. The molecule has 2 aromatic carbocycles. The molecule has 4 nitrogen and oxygen atoms in total. The van der Waals surface area contributed by atoms with Crippen molar-refractivity contribution in [3.63, 3.8) is 0 Å². The van der Waals surface area contributed by atoms with Crippen molar-refractivity contribution in [3.05, 3.63) is 59.7 Å². The van der Waals surface area contributed by atoms with Gasteiger partial charge in [-0.1, -0.05) is 45.0 Å². The zero-order valence-electron chi connectivity index (χ0n) is 19.8. The lowest BCUT2D eigenvalue weighted by Crippen LogP contribution is -2.51. The van der Waals surface area contributed by atoms with E-state index in [0.717, 1.165) is 37.2 Å². The first kappa shape index (κ1) is 24.5. The van der Waals surface area contributed by atoms with E-state index < -0.39 is 0 Å². The van der Waals surface area contributed by atoms with E-state index in [-0.39, 0.29) is 10.8 Å². The molecule has 2 atom stereocenters. The van der Waals surface area contributed by atoms with Crippen molar-refractivity contribution >= 4 is 46.0 Å². The van der Waals surface area contributed by atoms with Gasteiger partial charge >= 0.3 is 0 Å². The maximum atomic E-state index is 5.63. The third-order valence-corrected chi connectivity index (χ3v) is 6.47. The van der Waals surface area contributed by atoms with E-state index in [2.05, 4.69) is 80.2 Å². The van der Waals surface area contributed by atoms with Crippen LogP contribution in [0.5, 0.6) is 0 Å². The van der Waals surface area contributed by atoms with Gasteiger partial charge in [0.15, 0.2) is 10.2 Å². The number of nitrogens with one attached hydrogen (secondary N) is 4. The van der Waals surface area contributed by atoms with Crippen molar-refractivity contribution in [2.24, 2.45) is 10.8 Å². The van der Waals surface area contributed by atoms with Crippen LogP contribution in [-0.4, -0.2) is 22.8 Å². The molecular weight excluding hydrogens is 432 g/mol. The van der Waals surface area contributed by atoms with Crippen molar-refractivity contribution < 1.29 is 0 Å². The van der Waals surface area contributed by atoms with Gasteiger partial charge in [0, 0.05) is 24.0 Å². The quantitative estimate of drug-likeness (QED) is 0.394. The number of aryl methyl sites for hydroxylation is 2. The van der Waals surface area contributed by atoms with Crippen LogP contribution in [0.4, 0.5) is 11.4 Å². The number of thiocarbonyl (C=S) groups is 2. The van der Waals surface area contributed by atoms with Gasteiger partial charge in [0.1, 0.15) is 0 Å². The molecule has 1 aliphatic rings. The molecule has 1 aliphatic carbocycles. The lowest BCUT2D eigenvalue weighted by Gasteiger charge is -2.47. The van der Waals surface area contributed by atoms with Crippen molar-refractivity contribution in [2.75, 3.05) is 17.2 Å². The van der Waals surface area contributed by atoms with Crippen LogP contribution in [0.25, 0.3) is 0 Å². The van der Waals surface area contributed by atoms with Crippen LogP contribution in [0.1, 0.15) is 51.2 Å². The average molecular weight is 469 g/mol. The maximum Gasteiger partial charge on any atom is 0.170 e. The standard InChI is InChI=1S/C26H36N4S2/c1-18-8-6-10-20(12-18)28-23(31)27-17-26(5)15-22(14-25(3,4)16-26)30-24(32)29-21-11-7-9-19(2)13-21/h6-13,22H,14-17H2,1-5H3,(H2,27,28,31)(H2,29,30,32)/t22-,26+/m1/s1. The fourth-order valence-corrected chi connectivity index (χ4v) is 5.61. The Labute approximate surface area is 204 Å². The van der Waals surface area contributed by atoms with E-state index in [1.807, 2.05) is 24.3 Å². The van der Waals surface area contributed by atoms with Crippen molar-refractivity contribution in [1.29, 1.82) is 0 Å². The molecule has 2 aromatic rings. The van der Waals surface area contributed by atoms with E-state index in [0.29, 0.717) is 16.3 Å². The molecule has 0 heterocycles. The van der Waals surface area contributed by atoms with Gasteiger partial charge in [-0.2, -0.15) is 0 Å². The first-order valence-corrected chi connectivity index (χ1v) is 12.1. The van der Waals surface area contributed by atoms with Crippen LogP contribution in [-0.2, 0) is 0 Å². The highest BCUT2D eigenvalue weighted by molar-refractivity contribution is 7.80. The summed E-state index contributed by atoms with van der Waals surface area (Å²) in [4.78, 5) is 0. The Morgan fingerprint density at radius 1 is 0.875 bits per heavy atom. The Morgan fingerprint density at radius 2 is 1.44 bits per heavy atom. The Kier molecular flexibility index (Phi) is 7.78. The molecule has 0 bridgehead atoms. The van der Waals surface area contributed by atoms with Gasteiger partial charge in [0.05, 0.1) is 0 Å². The zero-order valence-corrected chi connectivity index (χ0v) is 21.5. The lowest BCUT2D eigenvalue weighted by molar-refractivity contribution is 0.0807. The summed E-state index contributed by atoms with van der Waals surface area (Å²) in [6.45, 7) is 12.0. The fraction of sp³-hybridized carbons (Fsp3) is 0.462. The number of hydrogen-bond donors (Lipinski definition) is 4. The normalized spacial score (nSPS) is 22.0. The predicted octanol–water partition coefficient (Wildman–Crippen LogP) is 6.16. The van der Waals surface area contributed by atoms with E-state index in [1.54, 1.807) is 0 Å². The maximum absolute atomic E-state index is 5.63. The smallest absolute Gasteiger partial charge is 0.170 e. The Hall–Kier alpha value is -2.18. The SMILES string of the molecule is Cc1cccc(NC(=S)NC[C@@]2(C)C[C@H](NC(=S)Nc3cccc(C)c3)CC(C)(C)C2)c1. The topological polar surface area (TPSA) is 48.1 Å². The molecule has 0 spiro atoms. The number of benzene rings is 2. The molecule has 3 rings (SSSR count). The molecule has 0 aromatic heterocycles. The van der Waals surface area contributed by atoms with E-state index in [1.165, 1.54) is 11.1 Å². The summed E-state index contributed by atoms with van der Waals surface area (Å²) in [5.41, 5.74) is 4.79. The van der Waals surface area contributed by atoms with Crippen LogP contribution in [0.3, 0.4) is 0 Å². The second-order valence-electron chi connectivity index (χ2n) is 10.4. The molecule has 1 saturated carbocycles. The average Bonchev–Trinajstić information content (AvgIpc) is 2.65. The van der Waals surface area contributed by atoms with Gasteiger partial charge in [0.25, 0.3) is 0 Å². The highest BCUT2D eigenvalue weighted by Gasteiger charge is 2.41. The number of rotatable bonds is 5. The van der Waals surface area contributed by atoms with Gasteiger partial charge in [-0.15, -0.1) is 0 Å². The molecule has 4 N–H and O–H groups in total. The summed E-state index contributed by atoms with van der Waals surface area (Å²) in [7, 11) is 0. The third kappa shape index (κ3) is 7.45. The van der Waals surface area contributed by atoms with Crippen LogP contribution < -0.4 is 21.3 Å². The Bertz CT molecular complexity index is 972. The van der Waals surface area contributed by atoms with Crippen molar-refractivity contribution in [1.82, 2.24) is 10.6 Å². The minimum absolute atomic E-state index is 0.108. The second-order valence-corrected chi connectivity index (χ2v) is 11.2. The van der Waals surface area contributed by atoms with Gasteiger partial charge in [-0.25, -0.2) is 0 Å². The third-order valence-electron chi connectivity index (χ3n) is 6.01. The monoisotopic (exact) mass is 468 g/mol. The Morgan fingerprint density at radius 3 is 2.00 bits per heavy atom. The highest BCUT2D eigenvalue weighted by Crippen LogP contribution is 2.45. The first-order valence-electron chi connectivity index (χ1n) is 11.3. The predicted molar refractivity (Wildman–Crippen MR) is 145 cm³/mol. The number of anilines is 2. The van der Waals surface area contributed by atoms with Gasteiger partial charge < -0.3 is 21.3 Å². The minimum atomic E-state index is 0.108. The van der Waals surface area contributed by atoms with E-state index >= 15 is 0 Å². The molecule has 0 amide bonds. The summed E-state index contributed by atoms with van der Waals surface area (Å²) in [6.07, 6.45) is 3.26. The largest absolute Gasteiger partial charge is 0.362 e. The van der Waals surface area contributed by atoms with E-state index in [4.69, 9.17) is 24.4 Å².